The summed E-state index contributed by atoms with van der Waals surface area (Å²) in [7, 11) is 0. The molecule has 1 aliphatic rings. The van der Waals surface area contributed by atoms with Crippen LogP contribution in [0.1, 0.15) is 42.1 Å². The number of carbonyl (C=O) groups excluding carboxylic acids is 1. The van der Waals surface area contributed by atoms with Gasteiger partial charge in [-0.1, -0.05) is 87.4 Å². The van der Waals surface area contributed by atoms with Crippen LogP contribution in [0.4, 0.5) is 0 Å². The molecule has 0 amide bonds. The van der Waals surface area contributed by atoms with Gasteiger partial charge < -0.3 is 9.47 Å². The van der Waals surface area contributed by atoms with E-state index in [4.69, 9.17) is 9.47 Å². The van der Waals surface area contributed by atoms with Gasteiger partial charge in [0.05, 0.1) is 32.0 Å². The number of aryl methyl sites for hydroxylation is 1. The average molecular weight is 729 g/mol. The summed E-state index contributed by atoms with van der Waals surface area (Å²) in [4.78, 5) is 32.3. The number of nitrogens with zero attached hydrogens (tertiary/aromatic N) is 2. The van der Waals surface area contributed by atoms with Crippen LogP contribution >= 0.6 is 49.9 Å². The molecule has 40 heavy (non-hydrogen) atoms. The second-order valence-electron chi connectivity index (χ2n) is 9.29. The molecule has 0 saturated heterocycles. The van der Waals surface area contributed by atoms with Crippen molar-refractivity contribution in [3.8, 4) is 5.75 Å². The fourth-order valence-electron chi connectivity index (χ4n) is 4.57. The predicted octanol–water partition coefficient (Wildman–Crippen LogP) is 6.05. The Bertz CT molecular complexity index is 1790. The van der Waals surface area contributed by atoms with Crippen molar-refractivity contribution in [3.05, 3.63) is 128 Å². The Labute approximate surface area is 258 Å². The van der Waals surface area contributed by atoms with Crippen LogP contribution in [-0.2, 0) is 16.1 Å². The molecule has 0 bridgehead atoms. The highest BCUT2D eigenvalue weighted by molar-refractivity contribution is 14.1. The van der Waals surface area contributed by atoms with Gasteiger partial charge in [-0.3, -0.25) is 9.36 Å². The second-order valence-corrected chi connectivity index (χ2v) is 12.4. The van der Waals surface area contributed by atoms with Crippen molar-refractivity contribution in [2.45, 2.75) is 33.4 Å². The minimum atomic E-state index is -0.644. The van der Waals surface area contributed by atoms with E-state index in [1.165, 1.54) is 11.3 Å². The fraction of sp³-hybridized carbons (Fsp3) is 0.194. The Morgan fingerprint density at radius 2 is 1.85 bits per heavy atom. The lowest BCUT2D eigenvalue weighted by Gasteiger charge is -2.24. The highest BCUT2D eigenvalue weighted by Crippen LogP contribution is 2.32. The first-order valence-corrected chi connectivity index (χ1v) is 15.4. The van der Waals surface area contributed by atoms with E-state index in [0.29, 0.717) is 33.0 Å². The number of ether oxygens (including phenoxy) is 2. The summed E-state index contributed by atoms with van der Waals surface area (Å²) in [6, 6.07) is 21.1. The number of benzene rings is 3. The van der Waals surface area contributed by atoms with Crippen molar-refractivity contribution < 1.29 is 14.3 Å². The summed E-state index contributed by atoms with van der Waals surface area (Å²) in [5.41, 5.74) is 4.41. The third-order valence-corrected chi connectivity index (χ3v) is 8.70. The lowest BCUT2D eigenvalue weighted by atomic mass is 9.95. The largest absolute Gasteiger partial charge is 0.487 e. The predicted molar refractivity (Wildman–Crippen MR) is 169 cm³/mol. The minimum absolute atomic E-state index is 0.229. The van der Waals surface area contributed by atoms with E-state index in [9.17, 15) is 9.59 Å². The standard InChI is InChI=1S/C31H26BrIN2O4S/c1-4-38-30(37)26-19(3)34-31-35(27(26)21-12-10-18(2)11-13-21)29(36)25(40-31)15-22-14-23(32)16-24(33)28(22)39-17-20-8-6-5-7-9-20/h5-16,27H,4,17H2,1-3H3/b25-15-/t27-/m1/s1. The molecule has 0 fully saturated rings. The summed E-state index contributed by atoms with van der Waals surface area (Å²) in [6.45, 7) is 6.18. The molecule has 0 N–H and O–H groups in total. The molecule has 0 aliphatic carbocycles. The van der Waals surface area contributed by atoms with Gasteiger partial charge in [-0.15, -0.1) is 0 Å². The molecule has 1 aliphatic heterocycles. The smallest absolute Gasteiger partial charge is 0.338 e. The number of rotatable bonds is 7. The number of thiazole rings is 1. The molecule has 0 spiro atoms. The summed E-state index contributed by atoms with van der Waals surface area (Å²) in [6.07, 6.45) is 1.84. The summed E-state index contributed by atoms with van der Waals surface area (Å²) in [5.74, 6) is 0.221. The number of allylic oxidation sites excluding steroid dienone is 1. The van der Waals surface area contributed by atoms with Crippen LogP contribution < -0.4 is 19.6 Å². The van der Waals surface area contributed by atoms with Crippen molar-refractivity contribution >= 4 is 61.9 Å². The van der Waals surface area contributed by atoms with E-state index in [0.717, 1.165) is 30.3 Å². The topological polar surface area (TPSA) is 69.9 Å². The number of hydrogen-bond donors (Lipinski definition) is 0. The third-order valence-electron chi connectivity index (χ3n) is 6.46. The molecule has 1 aromatic heterocycles. The molecule has 5 rings (SSSR count). The summed E-state index contributed by atoms with van der Waals surface area (Å²) >= 11 is 7.12. The zero-order chi connectivity index (χ0) is 28.4. The molecule has 204 valence electrons. The van der Waals surface area contributed by atoms with Gasteiger partial charge in [0.1, 0.15) is 12.4 Å². The molecule has 0 saturated carbocycles. The van der Waals surface area contributed by atoms with Gasteiger partial charge in [-0.05, 0) is 72.7 Å². The van der Waals surface area contributed by atoms with Crippen LogP contribution in [0.5, 0.6) is 5.75 Å². The van der Waals surface area contributed by atoms with Crippen molar-refractivity contribution in [2.24, 2.45) is 4.99 Å². The van der Waals surface area contributed by atoms with Crippen molar-refractivity contribution in [1.29, 1.82) is 0 Å². The average Bonchev–Trinajstić information content (AvgIpc) is 3.22. The zero-order valence-corrected chi connectivity index (χ0v) is 26.7. The molecule has 4 aromatic rings. The second kappa shape index (κ2) is 12.2. The number of esters is 1. The van der Waals surface area contributed by atoms with E-state index in [1.807, 2.05) is 79.7 Å². The summed E-state index contributed by atoms with van der Waals surface area (Å²) in [5, 5.41) is 0. The van der Waals surface area contributed by atoms with Crippen LogP contribution in [0.15, 0.2) is 92.3 Å². The SMILES string of the molecule is CCOC(=O)C1=C(C)N=c2s/c(=C\c3cc(Br)cc(I)c3OCc3ccccc3)c(=O)n2[C@@H]1c1ccc(C)cc1. The molecule has 9 heteroatoms. The van der Waals surface area contributed by atoms with Crippen LogP contribution in [0, 0.1) is 10.5 Å². The first-order valence-electron chi connectivity index (χ1n) is 12.7. The molecule has 6 nitrogen and oxygen atoms in total. The monoisotopic (exact) mass is 728 g/mol. The molecular formula is C31H26BrIN2O4S. The maximum Gasteiger partial charge on any atom is 0.338 e. The van der Waals surface area contributed by atoms with E-state index < -0.39 is 12.0 Å². The molecule has 0 unspecified atom stereocenters. The Morgan fingerprint density at radius 3 is 2.55 bits per heavy atom. The van der Waals surface area contributed by atoms with E-state index in [-0.39, 0.29) is 12.2 Å². The highest BCUT2D eigenvalue weighted by atomic mass is 127. The number of carbonyl (C=O) groups is 1. The molecule has 0 radical (unpaired) electrons. The van der Waals surface area contributed by atoms with Crippen molar-refractivity contribution in [2.75, 3.05) is 6.61 Å². The Kier molecular flexibility index (Phi) is 8.72. The van der Waals surface area contributed by atoms with Crippen LogP contribution in [0.25, 0.3) is 6.08 Å². The molecule has 2 heterocycles. The lowest BCUT2D eigenvalue weighted by Crippen LogP contribution is -2.39. The molecule has 3 aromatic carbocycles. The molecule has 1 atom stereocenters. The van der Waals surface area contributed by atoms with Gasteiger partial charge in [-0.2, -0.15) is 0 Å². The Hall–Kier alpha value is -3.02. The van der Waals surface area contributed by atoms with Crippen LogP contribution in [-0.4, -0.2) is 17.1 Å². The van der Waals surface area contributed by atoms with Crippen LogP contribution in [0.2, 0.25) is 0 Å². The van der Waals surface area contributed by atoms with E-state index in [2.05, 4.69) is 43.5 Å². The quantitative estimate of drug-likeness (QED) is 0.172. The van der Waals surface area contributed by atoms with Crippen molar-refractivity contribution in [3.63, 3.8) is 0 Å². The van der Waals surface area contributed by atoms with Gasteiger partial charge in [0.15, 0.2) is 4.80 Å². The maximum absolute atomic E-state index is 14.0. The number of fused-ring (bicyclic) bond motifs is 1. The highest BCUT2D eigenvalue weighted by Gasteiger charge is 2.33. The Balaban J connectivity index is 1.65. The number of hydrogen-bond acceptors (Lipinski definition) is 6. The van der Waals surface area contributed by atoms with E-state index >= 15 is 0 Å². The maximum atomic E-state index is 14.0. The number of halogens is 2. The molecular weight excluding hydrogens is 703 g/mol. The van der Waals surface area contributed by atoms with Crippen LogP contribution in [0.3, 0.4) is 0 Å². The van der Waals surface area contributed by atoms with Gasteiger partial charge in [0, 0.05) is 10.0 Å². The minimum Gasteiger partial charge on any atom is -0.487 e. The first-order chi connectivity index (χ1) is 19.3. The van der Waals surface area contributed by atoms with Gasteiger partial charge in [0.25, 0.3) is 5.56 Å². The van der Waals surface area contributed by atoms with Gasteiger partial charge in [-0.25, -0.2) is 9.79 Å². The zero-order valence-electron chi connectivity index (χ0n) is 22.1. The van der Waals surface area contributed by atoms with E-state index in [1.54, 1.807) is 18.4 Å². The van der Waals surface area contributed by atoms with Crippen molar-refractivity contribution in [1.82, 2.24) is 4.57 Å². The first kappa shape index (κ1) is 28.5. The lowest BCUT2D eigenvalue weighted by molar-refractivity contribution is -0.139. The third kappa shape index (κ3) is 5.87. The van der Waals surface area contributed by atoms with Gasteiger partial charge >= 0.3 is 5.97 Å². The normalized spacial score (nSPS) is 15.0. The fourth-order valence-corrected chi connectivity index (χ4v) is 7.31. The number of aromatic nitrogens is 1. The summed E-state index contributed by atoms with van der Waals surface area (Å²) < 4.78 is 15.5. The Morgan fingerprint density at radius 1 is 1.12 bits per heavy atom. The van der Waals surface area contributed by atoms with Gasteiger partial charge in [0.2, 0.25) is 0 Å².